The molecule has 2 saturated heterocycles. The third kappa shape index (κ3) is 3.03. The van der Waals surface area contributed by atoms with E-state index in [0.29, 0.717) is 23.7 Å². The van der Waals surface area contributed by atoms with E-state index in [-0.39, 0.29) is 29.0 Å². The minimum atomic E-state index is -0.651. The molecule has 3 heterocycles. The van der Waals surface area contributed by atoms with E-state index in [0.717, 1.165) is 44.1 Å². The molecule has 1 aromatic carbocycles. The van der Waals surface area contributed by atoms with Gasteiger partial charge in [-0.05, 0) is 74.1 Å². The lowest BCUT2D eigenvalue weighted by Crippen LogP contribution is -2.40. The Kier molecular flexibility index (Phi) is 4.83. The van der Waals surface area contributed by atoms with Crippen LogP contribution in [0.25, 0.3) is 11.3 Å². The Balaban J connectivity index is 1.56. The van der Waals surface area contributed by atoms with Gasteiger partial charge in [0.15, 0.2) is 0 Å². The maximum absolute atomic E-state index is 14.4. The average molecular weight is 411 g/mol. The number of halogens is 2. The van der Waals surface area contributed by atoms with Crippen LogP contribution in [0.3, 0.4) is 0 Å². The van der Waals surface area contributed by atoms with Crippen molar-refractivity contribution >= 4 is 5.91 Å². The quantitative estimate of drug-likeness (QED) is 0.698. The predicted molar refractivity (Wildman–Crippen MR) is 110 cm³/mol. The zero-order valence-corrected chi connectivity index (χ0v) is 17.4. The van der Waals surface area contributed by atoms with Crippen LogP contribution in [0.4, 0.5) is 8.78 Å². The number of carbonyl (C=O) groups is 1. The van der Waals surface area contributed by atoms with E-state index in [4.69, 9.17) is 0 Å². The van der Waals surface area contributed by atoms with E-state index in [2.05, 4.69) is 28.9 Å². The molecule has 4 nitrogen and oxygen atoms in total. The van der Waals surface area contributed by atoms with Crippen molar-refractivity contribution in [2.24, 2.45) is 5.92 Å². The first-order chi connectivity index (χ1) is 14.5. The second kappa shape index (κ2) is 7.40. The second-order valence-corrected chi connectivity index (χ2v) is 9.36. The molecule has 0 spiro atoms. The lowest BCUT2D eigenvalue weighted by atomic mass is 9.74. The molecule has 1 aliphatic carbocycles. The molecule has 2 fully saturated rings. The summed E-state index contributed by atoms with van der Waals surface area (Å²) in [6.07, 6.45) is 6.02. The Labute approximate surface area is 175 Å². The van der Waals surface area contributed by atoms with Crippen molar-refractivity contribution in [2.45, 2.75) is 76.3 Å². The number of aromatic nitrogens is 2. The van der Waals surface area contributed by atoms with Crippen molar-refractivity contribution in [1.82, 2.24) is 15.1 Å². The van der Waals surface area contributed by atoms with Crippen LogP contribution in [0.5, 0.6) is 0 Å². The van der Waals surface area contributed by atoms with Crippen molar-refractivity contribution in [2.75, 3.05) is 0 Å². The summed E-state index contributed by atoms with van der Waals surface area (Å²) in [4.78, 5) is 15.6. The zero-order chi connectivity index (χ0) is 21.0. The Morgan fingerprint density at radius 2 is 1.63 bits per heavy atom. The van der Waals surface area contributed by atoms with E-state index < -0.39 is 11.6 Å². The number of hydrogen-bond acceptors (Lipinski definition) is 3. The largest absolute Gasteiger partial charge is 0.336 e. The molecule has 0 N–H and O–H groups in total. The second-order valence-electron chi connectivity index (χ2n) is 9.36. The van der Waals surface area contributed by atoms with Crippen LogP contribution in [0.15, 0.2) is 24.3 Å². The summed E-state index contributed by atoms with van der Waals surface area (Å²) in [7, 11) is 0. The fraction of sp³-hybridized carbons (Fsp3) is 0.542. The van der Waals surface area contributed by atoms with E-state index in [1.54, 1.807) is 6.07 Å². The van der Waals surface area contributed by atoms with Crippen LogP contribution in [0.2, 0.25) is 0 Å². The maximum atomic E-state index is 14.4. The molecule has 6 heteroatoms. The number of amides is 1. The summed E-state index contributed by atoms with van der Waals surface area (Å²) in [5.74, 6) is -0.899. The van der Waals surface area contributed by atoms with Crippen LogP contribution < -0.4 is 0 Å². The van der Waals surface area contributed by atoms with E-state index in [1.165, 1.54) is 18.2 Å². The fourth-order valence-electron chi connectivity index (χ4n) is 5.87. The van der Waals surface area contributed by atoms with Crippen LogP contribution in [0, 0.1) is 17.6 Å². The minimum Gasteiger partial charge on any atom is -0.336 e. The zero-order valence-electron chi connectivity index (χ0n) is 17.4. The molecular formula is C24H27F2N3O. The van der Waals surface area contributed by atoms with Crippen LogP contribution in [-0.4, -0.2) is 33.1 Å². The van der Waals surface area contributed by atoms with Gasteiger partial charge in [0.2, 0.25) is 5.91 Å². The van der Waals surface area contributed by atoms with E-state index in [1.807, 2.05) is 0 Å². The summed E-state index contributed by atoms with van der Waals surface area (Å²) >= 11 is 0. The van der Waals surface area contributed by atoms with Crippen LogP contribution >= 0.6 is 0 Å². The van der Waals surface area contributed by atoms with E-state index in [9.17, 15) is 13.6 Å². The van der Waals surface area contributed by atoms with Crippen molar-refractivity contribution in [3.8, 4) is 11.3 Å². The van der Waals surface area contributed by atoms with Crippen molar-refractivity contribution in [1.29, 1.82) is 0 Å². The lowest BCUT2D eigenvalue weighted by Gasteiger charge is -2.35. The molecule has 5 rings (SSSR count). The van der Waals surface area contributed by atoms with Crippen LogP contribution in [-0.2, 0) is 4.79 Å². The maximum Gasteiger partial charge on any atom is 0.232 e. The van der Waals surface area contributed by atoms with Gasteiger partial charge in [0.25, 0.3) is 0 Å². The van der Waals surface area contributed by atoms with Gasteiger partial charge in [0.05, 0.1) is 22.9 Å². The van der Waals surface area contributed by atoms with Gasteiger partial charge in [0, 0.05) is 12.1 Å². The first kappa shape index (κ1) is 19.6. The SMILES string of the molecule is CC(C)[C@@H]1CCC(C(=O)N2C3CCC2CC3)c2nnc(-c3c(F)cccc3F)cc21. The molecule has 1 aromatic heterocycles. The summed E-state index contributed by atoms with van der Waals surface area (Å²) in [6, 6.07) is 6.31. The standard InChI is InChI=1S/C24H27F2N3O/c1-13(2)16-10-11-17(24(30)29-14-6-7-15(29)9-8-14)23-18(16)12-21(27-28-23)22-19(25)4-3-5-20(22)26/h3-5,12-17H,6-11H2,1-2H3/t14?,15?,16-,17?/m0/s1. The molecule has 2 aromatic rings. The van der Waals surface area contributed by atoms with Crippen molar-refractivity contribution in [3.63, 3.8) is 0 Å². The predicted octanol–water partition coefficient (Wildman–Crippen LogP) is 5.19. The number of benzene rings is 1. The van der Waals surface area contributed by atoms with Crippen molar-refractivity contribution < 1.29 is 13.6 Å². The first-order valence-electron chi connectivity index (χ1n) is 11.1. The molecule has 1 unspecified atom stereocenters. The smallest absolute Gasteiger partial charge is 0.232 e. The molecule has 2 bridgehead atoms. The van der Waals surface area contributed by atoms with Gasteiger partial charge in [-0.3, -0.25) is 4.79 Å². The Bertz CT molecular complexity index is 952. The highest BCUT2D eigenvalue weighted by atomic mass is 19.1. The molecular weight excluding hydrogens is 384 g/mol. The van der Waals surface area contributed by atoms with Gasteiger partial charge < -0.3 is 4.90 Å². The Hall–Kier alpha value is -2.37. The van der Waals surface area contributed by atoms with Gasteiger partial charge in [-0.1, -0.05) is 19.9 Å². The Morgan fingerprint density at radius 3 is 2.23 bits per heavy atom. The molecule has 2 atom stereocenters. The molecule has 2 aliphatic heterocycles. The highest BCUT2D eigenvalue weighted by Gasteiger charge is 2.46. The average Bonchev–Trinajstić information content (AvgIpc) is 3.32. The highest BCUT2D eigenvalue weighted by molar-refractivity contribution is 5.85. The molecule has 0 radical (unpaired) electrons. The first-order valence-corrected chi connectivity index (χ1v) is 11.1. The normalized spacial score (nSPS) is 27.6. The Morgan fingerprint density at radius 1 is 1.00 bits per heavy atom. The number of hydrogen-bond donors (Lipinski definition) is 0. The van der Waals surface area contributed by atoms with Gasteiger partial charge in [-0.25, -0.2) is 8.78 Å². The molecule has 158 valence electrons. The number of fused-ring (bicyclic) bond motifs is 3. The van der Waals surface area contributed by atoms with Gasteiger partial charge in [-0.2, -0.15) is 5.10 Å². The summed E-state index contributed by atoms with van der Waals surface area (Å²) in [5, 5.41) is 8.61. The summed E-state index contributed by atoms with van der Waals surface area (Å²) in [5.41, 5.74) is 1.68. The summed E-state index contributed by atoms with van der Waals surface area (Å²) in [6.45, 7) is 4.28. The van der Waals surface area contributed by atoms with Crippen molar-refractivity contribution in [3.05, 3.63) is 47.2 Å². The number of carbonyl (C=O) groups excluding carboxylic acids is 1. The van der Waals surface area contributed by atoms with Gasteiger partial charge in [-0.15, -0.1) is 5.10 Å². The topological polar surface area (TPSA) is 46.1 Å². The minimum absolute atomic E-state index is 0.152. The highest BCUT2D eigenvalue weighted by Crippen LogP contribution is 2.46. The summed E-state index contributed by atoms with van der Waals surface area (Å²) < 4.78 is 28.7. The number of rotatable bonds is 3. The van der Waals surface area contributed by atoms with Gasteiger partial charge in [0.1, 0.15) is 11.6 Å². The fourth-order valence-corrected chi connectivity index (χ4v) is 5.87. The molecule has 1 amide bonds. The van der Waals surface area contributed by atoms with Gasteiger partial charge >= 0.3 is 0 Å². The third-order valence-electron chi connectivity index (χ3n) is 7.38. The monoisotopic (exact) mass is 411 g/mol. The third-order valence-corrected chi connectivity index (χ3v) is 7.38. The number of nitrogens with zero attached hydrogens (tertiary/aromatic N) is 3. The molecule has 0 saturated carbocycles. The van der Waals surface area contributed by atoms with E-state index >= 15 is 0 Å². The lowest BCUT2D eigenvalue weighted by molar-refractivity contribution is -0.134. The molecule has 3 aliphatic rings. The van der Waals surface area contributed by atoms with Crippen LogP contribution in [0.1, 0.15) is 75.5 Å². The molecule has 30 heavy (non-hydrogen) atoms.